The fraction of sp³-hybridized carbons (Fsp3) is 0.0667. The first-order valence-electron chi connectivity index (χ1n) is 6.58. The second-order valence-electron chi connectivity index (χ2n) is 4.55. The molecule has 5 nitrogen and oxygen atoms in total. The third-order valence-corrected chi connectivity index (χ3v) is 3.28. The number of alkyl halides is 3. The topological polar surface area (TPSA) is 60.8 Å². The Morgan fingerprint density at radius 2 is 1.67 bits per heavy atom. The third-order valence-electron chi connectivity index (χ3n) is 2.87. The van der Waals surface area contributed by atoms with Crippen LogP contribution in [-0.4, -0.2) is 19.9 Å². The maximum Gasteiger partial charge on any atom is 0.451 e. The molecule has 0 unspecified atom stereocenters. The molecule has 2 aromatic heterocycles. The Bertz CT molecular complexity index is 856. The van der Waals surface area contributed by atoms with Gasteiger partial charge in [-0.15, -0.1) is 0 Å². The predicted molar refractivity (Wildman–Crippen MR) is 82.3 cm³/mol. The summed E-state index contributed by atoms with van der Waals surface area (Å²) in [5.74, 6) is -0.929. The van der Waals surface area contributed by atoms with Crippen molar-refractivity contribution in [2.75, 3.05) is 0 Å². The van der Waals surface area contributed by atoms with Crippen LogP contribution in [0.5, 0.6) is 11.8 Å². The van der Waals surface area contributed by atoms with Gasteiger partial charge in [-0.05, 0) is 34.1 Å². The van der Waals surface area contributed by atoms with Crippen molar-refractivity contribution in [1.82, 2.24) is 19.9 Å². The SMILES string of the molecule is FC(F)(F)c1nccc(-c2ccccc2Oc2ncc(Br)cn2)n1. The Hall–Kier alpha value is -2.55. The van der Waals surface area contributed by atoms with Gasteiger partial charge in [0.15, 0.2) is 0 Å². The highest BCUT2D eigenvalue weighted by Crippen LogP contribution is 2.33. The lowest BCUT2D eigenvalue weighted by Crippen LogP contribution is -2.11. The molecule has 3 rings (SSSR count). The van der Waals surface area contributed by atoms with Crippen LogP contribution in [0.3, 0.4) is 0 Å². The number of rotatable bonds is 3. The molecule has 0 aliphatic carbocycles. The van der Waals surface area contributed by atoms with Gasteiger partial charge in [0, 0.05) is 24.2 Å². The fourth-order valence-electron chi connectivity index (χ4n) is 1.86. The molecule has 3 aromatic rings. The molecule has 0 aliphatic heterocycles. The van der Waals surface area contributed by atoms with Crippen LogP contribution in [0.2, 0.25) is 0 Å². The van der Waals surface area contributed by atoms with Crippen LogP contribution in [0.15, 0.2) is 53.4 Å². The van der Waals surface area contributed by atoms with E-state index in [2.05, 4.69) is 35.9 Å². The fourth-order valence-corrected chi connectivity index (χ4v) is 2.07. The van der Waals surface area contributed by atoms with Crippen molar-refractivity contribution in [1.29, 1.82) is 0 Å². The Morgan fingerprint density at radius 1 is 0.958 bits per heavy atom. The van der Waals surface area contributed by atoms with E-state index in [0.717, 1.165) is 6.20 Å². The largest absolute Gasteiger partial charge is 0.451 e. The quantitative estimate of drug-likeness (QED) is 0.651. The molecular weight excluding hydrogens is 389 g/mol. The molecule has 0 saturated carbocycles. The van der Waals surface area contributed by atoms with Crippen LogP contribution >= 0.6 is 15.9 Å². The van der Waals surface area contributed by atoms with Crippen molar-refractivity contribution < 1.29 is 17.9 Å². The summed E-state index contributed by atoms with van der Waals surface area (Å²) in [4.78, 5) is 14.8. The molecule has 0 saturated heterocycles. The van der Waals surface area contributed by atoms with E-state index in [9.17, 15) is 13.2 Å². The minimum atomic E-state index is -4.62. The monoisotopic (exact) mass is 396 g/mol. The van der Waals surface area contributed by atoms with Gasteiger partial charge in [-0.1, -0.05) is 12.1 Å². The molecule has 0 N–H and O–H groups in total. The zero-order chi connectivity index (χ0) is 17.2. The first kappa shape index (κ1) is 16.3. The lowest BCUT2D eigenvalue weighted by atomic mass is 10.1. The summed E-state index contributed by atoms with van der Waals surface area (Å²) in [6.45, 7) is 0. The average molecular weight is 397 g/mol. The first-order chi connectivity index (χ1) is 11.4. The second kappa shape index (κ2) is 6.52. The maximum absolute atomic E-state index is 12.8. The van der Waals surface area contributed by atoms with Crippen LogP contribution in [0.25, 0.3) is 11.3 Å². The number of hydrogen-bond donors (Lipinski definition) is 0. The maximum atomic E-state index is 12.8. The molecule has 24 heavy (non-hydrogen) atoms. The Morgan fingerprint density at radius 3 is 2.38 bits per heavy atom. The summed E-state index contributed by atoms with van der Waals surface area (Å²) in [7, 11) is 0. The third kappa shape index (κ3) is 3.67. The molecule has 0 aliphatic rings. The molecule has 0 radical (unpaired) electrons. The minimum Gasteiger partial charge on any atom is -0.424 e. The molecule has 0 fully saturated rings. The van der Waals surface area contributed by atoms with Crippen LogP contribution in [0.1, 0.15) is 5.82 Å². The summed E-state index contributed by atoms with van der Waals surface area (Å²) in [6, 6.07) is 7.98. The van der Waals surface area contributed by atoms with Gasteiger partial charge in [0.1, 0.15) is 5.75 Å². The Kier molecular flexibility index (Phi) is 4.43. The van der Waals surface area contributed by atoms with E-state index in [4.69, 9.17) is 4.74 Å². The zero-order valence-corrected chi connectivity index (χ0v) is 13.4. The van der Waals surface area contributed by atoms with Crippen LogP contribution in [0, 0.1) is 0 Å². The Balaban J connectivity index is 1.99. The molecule has 122 valence electrons. The van der Waals surface area contributed by atoms with E-state index in [1.807, 2.05) is 0 Å². The number of benzene rings is 1. The zero-order valence-electron chi connectivity index (χ0n) is 11.8. The summed E-state index contributed by atoms with van der Waals surface area (Å²) in [5.41, 5.74) is 0.460. The van der Waals surface area contributed by atoms with Crippen LogP contribution < -0.4 is 4.74 Å². The molecule has 0 spiro atoms. The van der Waals surface area contributed by atoms with Gasteiger partial charge in [0.2, 0.25) is 5.82 Å². The van der Waals surface area contributed by atoms with Gasteiger partial charge in [0.25, 0.3) is 0 Å². The summed E-state index contributed by atoms with van der Waals surface area (Å²) >= 11 is 3.20. The van der Waals surface area contributed by atoms with Crippen molar-refractivity contribution in [3.05, 3.63) is 59.2 Å². The van der Waals surface area contributed by atoms with E-state index in [1.54, 1.807) is 24.3 Å². The highest BCUT2D eigenvalue weighted by atomic mass is 79.9. The van der Waals surface area contributed by atoms with Crippen molar-refractivity contribution in [2.24, 2.45) is 0 Å². The first-order valence-corrected chi connectivity index (χ1v) is 7.38. The standard InChI is InChI=1S/C15H8BrF3N4O/c16-9-7-21-14(22-8-9)24-12-4-2-1-3-10(12)11-5-6-20-13(23-11)15(17,18)19/h1-8H. The van der Waals surface area contributed by atoms with E-state index >= 15 is 0 Å². The van der Waals surface area contributed by atoms with Gasteiger partial charge in [-0.3, -0.25) is 0 Å². The van der Waals surface area contributed by atoms with Crippen molar-refractivity contribution >= 4 is 15.9 Å². The van der Waals surface area contributed by atoms with E-state index in [0.29, 0.717) is 10.0 Å². The molecule has 9 heteroatoms. The van der Waals surface area contributed by atoms with E-state index in [1.165, 1.54) is 18.5 Å². The number of para-hydroxylation sites is 1. The van der Waals surface area contributed by atoms with Gasteiger partial charge < -0.3 is 4.74 Å². The molecule has 1 aromatic carbocycles. The highest BCUT2D eigenvalue weighted by Gasteiger charge is 2.34. The van der Waals surface area contributed by atoms with Crippen LogP contribution in [-0.2, 0) is 6.18 Å². The summed E-state index contributed by atoms with van der Waals surface area (Å²) in [6.07, 6.45) is -0.576. The normalized spacial score (nSPS) is 11.3. The van der Waals surface area contributed by atoms with E-state index in [-0.39, 0.29) is 17.5 Å². The molecule has 0 amide bonds. The van der Waals surface area contributed by atoms with Gasteiger partial charge in [-0.25, -0.2) is 19.9 Å². The summed E-state index contributed by atoms with van der Waals surface area (Å²) < 4.78 is 44.6. The lowest BCUT2D eigenvalue weighted by Gasteiger charge is -2.11. The van der Waals surface area contributed by atoms with Crippen molar-refractivity contribution in [3.8, 4) is 23.0 Å². The number of ether oxygens (including phenoxy) is 1. The van der Waals surface area contributed by atoms with Crippen LogP contribution in [0.4, 0.5) is 13.2 Å². The second-order valence-corrected chi connectivity index (χ2v) is 5.46. The van der Waals surface area contributed by atoms with Gasteiger partial charge >= 0.3 is 12.2 Å². The Labute approximate surface area is 142 Å². The molecule has 0 bridgehead atoms. The lowest BCUT2D eigenvalue weighted by molar-refractivity contribution is -0.144. The summed E-state index contributed by atoms with van der Waals surface area (Å²) in [5, 5.41) is 0. The number of halogens is 4. The minimum absolute atomic E-state index is 0.0655. The number of hydrogen-bond acceptors (Lipinski definition) is 5. The molecule has 0 atom stereocenters. The number of nitrogens with zero attached hydrogens (tertiary/aromatic N) is 4. The molecule has 2 heterocycles. The average Bonchev–Trinajstić information content (AvgIpc) is 2.57. The molecular formula is C15H8BrF3N4O. The van der Waals surface area contributed by atoms with Crippen molar-refractivity contribution in [3.63, 3.8) is 0 Å². The predicted octanol–water partition coefficient (Wildman–Crippen LogP) is 4.51. The van der Waals surface area contributed by atoms with Gasteiger partial charge in [0.05, 0.1) is 10.2 Å². The van der Waals surface area contributed by atoms with E-state index < -0.39 is 12.0 Å². The highest BCUT2D eigenvalue weighted by molar-refractivity contribution is 9.10. The van der Waals surface area contributed by atoms with Gasteiger partial charge in [-0.2, -0.15) is 13.2 Å². The van der Waals surface area contributed by atoms with Crippen molar-refractivity contribution in [2.45, 2.75) is 6.18 Å². The smallest absolute Gasteiger partial charge is 0.424 e. The number of aromatic nitrogens is 4.